The number of aromatic nitrogens is 6. The van der Waals surface area contributed by atoms with Crippen LogP contribution in [0.25, 0.3) is 5.65 Å². The van der Waals surface area contributed by atoms with Crippen LogP contribution in [0.5, 0.6) is 0 Å². The van der Waals surface area contributed by atoms with Crippen molar-refractivity contribution in [2.24, 2.45) is 0 Å². The quantitative estimate of drug-likeness (QED) is 0.746. The lowest BCUT2D eigenvalue weighted by Gasteiger charge is -2.02. The summed E-state index contributed by atoms with van der Waals surface area (Å²) in [6.07, 6.45) is 4.56. The summed E-state index contributed by atoms with van der Waals surface area (Å²) in [5.74, 6) is -0.997. The second kappa shape index (κ2) is 4.61. The van der Waals surface area contributed by atoms with Gasteiger partial charge in [0.15, 0.2) is 5.65 Å². The van der Waals surface area contributed by atoms with E-state index >= 15 is 0 Å². The van der Waals surface area contributed by atoms with Crippen LogP contribution < -0.4 is 0 Å². The van der Waals surface area contributed by atoms with E-state index in [9.17, 15) is 4.79 Å². The van der Waals surface area contributed by atoms with Gasteiger partial charge < -0.3 is 5.11 Å². The fraction of sp³-hybridized carbons (Fsp3) is 0. The van der Waals surface area contributed by atoms with Gasteiger partial charge in [0.05, 0.1) is 18.0 Å². The number of nitrogens with zero attached hydrogens (tertiary/aromatic N) is 6. The van der Waals surface area contributed by atoms with Crippen molar-refractivity contribution in [3.63, 3.8) is 0 Å². The number of hydrogen-bond donors (Lipinski definition) is 1. The molecule has 3 aromatic rings. The molecule has 0 spiro atoms. The van der Waals surface area contributed by atoms with Crippen LogP contribution in [-0.4, -0.2) is 41.1 Å². The van der Waals surface area contributed by atoms with Gasteiger partial charge in [0.1, 0.15) is 10.1 Å². The van der Waals surface area contributed by atoms with Gasteiger partial charge in [0, 0.05) is 6.20 Å². The van der Waals surface area contributed by atoms with Crippen molar-refractivity contribution in [2.75, 3.05) is 0 Å². The number of carboxylic acids is 1. The number of aromatic carboxylic acids is 1. The van der Waals surface area contributed by atoms with Crippen LogP contribution in [0.15, 0.2) is 40.8 Å². The van der Waals surface area contributed by atoms with E-state index in [2.05, 4.69) is 25.5 Å². The molecule has 0 atom stereocenters. The highest BCUT2D eigenvalue weighted by atomic mass is 32.2. The Kier molecular flexibility index (Phi) is 2.80. The molecule has 3 heterocycles. The van der Waals surface area contributed by atoms with Gasteiger partial charge in [-0.05, 0) is 34.3 Å². The van der Waals surface area contributed by atoms with Crippen LogP contribution in [0.4, 0.5) is 0 Å². The minimum absolute atomic E-state index is 0.175. The molecule has 0 fully saturated rings. The molecule has 19 heavy (non-hydrogen) atoms. The van der Waals surface area contributed by atoms with Gasteiger partial charge >= 0.3 is 5.97 Å². The maximum atomic E-state index is 10.9. The molecule has 94 valence electrons. The molecule has 0 bridgehead atoms. The van der Waals surface area contributed by atoms with E-state index in [-0.39, 0.29) is 5.56 Å². The molecule has 3 rings (SSSR count). The summed E-state index contributed by atoms with van der Waals surface area (Å²) >= 11 is 1.24. The average molecular weight is 274 g/mol. The standard InChI is InChI=1S/C10H6N6O2S/c17-10(18)6-1-2-12-8(3-6)19-9-5-11-4-7-13-14-15-16(7)9/h1-5H,(H,17,18). The zero-order chi connectivity index (χ0) is 13.2. The van der Waals surface area contributed by atoms with Gasteiger partial charge in [-0.1, -0.05) is 0 Å². The highest BCUT2D eigenvalue weighted by Gasteiger charge is 2.09. The highest BCUT2D eigenvalue weighted by Crippen LogP contribution is 2.25. The third-order valence-electron chi connectivity index (χ3n) is 2.27. The highest BCUT2D eigenvalue weighted by molar-refractivity contribution is 7.99. The number of carboxylic acid groups (broad SMARTS) is 1. The lowest BCUT2D eigenvalue weighted by Crippen LogP contribution is -1.98. The maximum absolute atomic E-state index is 10.9. The van der Waals surface area contributed by atoms with E-state index in [0.29, 0.717) is 15.7 Å². The van der Waals surface area contributed by atoms with E-state index < -0.39 is 5.97 Å². The van der Waals surface area contributed by atoms with Crippen LogP contribution in [0.3, 0.4) is 0 Å². The normalized spacial score (nSPS) is 10.7. The molecule has 0 saturated carbocycles. The third kappa shape index (κ3) is 2.22. The molecule has 9 heteroatoms. The van der Waals surface area contributed by atoms with Crippen molar-refractivity contribution in [1.29, 1.82) is 0 Å². The van der Waals surface area contributed by atoms with Gasteiger partial charge in [-0.15, -0.1) is 5.10 Å². The van der Waals surface area contributed by atoms with E-state index in [1.54, 1.807) is 6.20 Å². The molecule has 0 amide bonds. The molecule has 0 saturated heterocycles. The molecule has 3 aromatic heterocycles. The lowest BCUT2D eigenvalue weighted by molar-refractivity contribution is 0.0696. The predicted octanol–water partition coefficient (Wildman–Crippen LogP) is 0.764. The van der Waals surface area contributed by atoms with E-state index in [4.69, 9.17) is 5.11 Å². The van der Waals surface area contributed by atoms with Crippen molar-refractivity contribution < 1.29 is 9.90 Å². The average Bonchev–Trinajstić information content (AvgIpc) is 2.88. The Morgan fingerprint density at radius 1 is 1.37 bits per heavy atom. The first-order chi connectivity index (χ1) is 9.24. The summed E-state index contributed by atoms with van der Waals surface area (Å²) < 4.78 is 1.51. The Labute approximate surface area is 110 Å². The Morgan fingerprint density at radius 2 is 2.26 bits per heavy atom. The molecule has 0 aliphatic heterocycles. The maximum Gasteiger partial charge on any atom is 0.335 e. The van der Waals surface area contributed by atoms with Gasteiger partial charge in [-0.25, -0.2) is 9.78 Å². The third-order valence-corrected chi connectivity index (χ3v) is 3.19. The Balaban J connectivity index is 1.99. The molecule has 0 aliphatic carbocycles. The zero-order valence-corrected chi connectivity index (χ0v) is 10.2. The van der Waals surface area contributed by atoms with Gasteiger partial charge in [0.2, 0.25) is 0 Å². The molecular weight excluding hydrogens is 268 g/mol. The number of fused-ring (bicyclic) bond motifs is 1. The zero-order valence-electron chi connectivity index (χ0n) is 9.33. The summed E-state index contributed by atoms with van der Waals surface area (Å²) in [7, 11) is 0. The molecule has 8 nitrogen and oxygen atoms in total. The summed E-state index contributed by atoms with van der Waals surface area (Å²) in [6, 6.07) is 2.92. The van der Waals surface area contributed by atoms with E-state index in [1.807, 2.05) is 0 Å². The number of hydrogen-bond acceptors (Lipinski definition) is 7. The topological polar surface area (TPSA) is 106 Å². The van der Waals surface area contributed by atoms with Crippen LogP contribution in [0.1, 0.15) is 10.4 Å². The minimum Gasteiger partial charge on any atom is -0.478 e. The number of tetrazole rings is 1. The van der Waals surface area contributed by atoms with Gasteiger partial charge in [0.25, 0.3) is 0 Å². The first-order valence-electron chi connectivity index (χ1n) is 5.13. The minimum atomic E-state index is -0.997. The van der Waals surface area contributed by atoms with Crippen LogP contribution in [0.2, 0.25) is 0 Å². The largest absolute Gasteiger partial charge is 0.478 e. The van der Waals surface area contributed by atoms with Gasteiger partial charge in [-0.2, -0.15) is 4.52 Å². The summed E-state index contributed by atoms with van der Waals surface area (Å²) in [5.41, 5.74) is 0.689. The molecule has 0 aliphatic rings. The van der Waals surface area contributed by atoms with Crippen molar-refractivity contribution in [2.45, 2.75) is 10.1 Å². The second-order valence-electron chi connectivity index (χ2n) is 3.48. The number of pyridine rings is 1. The fourth-order valence-corrected chi connectivity index (χ4v) is 2.27. The summed E-state index contributed by atoms with van der Waals surface area (Å²) in [5, 5.41) is 21.3. The van der Waals surface area contributed by atoms with Crippen molar-refractivity contribution in [3.05, 3.63) is 36.3 Å². The summed E-state index contributed by atoms with van der Waals surface area (Å²) in [4.78, 5) is 19.0. The Bertz CT molecular complexity index is 758. The molecule has 0 radical (unpaired) electrons. The van der Waals surface area contributed by atoms with Crippen LogP contribution >= 0.6 is 11.8 Å². The Hall–Kier alpha value is -2.55. The molecule has 0 aromatic carbocycles. The first-order valence-corrected chi connectivity index (χ1v) is 5.95. The molecular formula is C10H6N6O2S. The monoisotopic (exact) mass is 274 g/mol. The Morgan fingerprint density at radius 3 is 3.11 bits per heavy atom. The van der Waals surface area contributed by atoms with E-state index in [1.165, 1.54) is 40.8 Å². The number of carbonyl (C=O) groups is 1. The van der Waals surface area contributed by atoms with Crippen LogP contribution in [-0.2, 0) is 0 Å². The van der Waals surface area contributed by atoms with Gasteiger partial charge in [-0.3, -0.25) is 4.98 Å². The first kappa shape index (κ1) is 11.5. The summed E-state index contributed by atoms with van der Waals surface area (Å²) in [6.45, 7) is 0. The number of rotatable bonds is 3. The second-order valence-corrected chi connectivity index (χ2v) is 4.53. The smallest absolute Gasteiger partial charge is 0.335 e. The SMILES string of the molecule is O=C(O)c1ccnc(Sc2cncc3nnnn23)c1. The van der Waals surface area contributed by atoms with Crippen LogP contribution in [0, 0.1) is 0 Å². The molecule has 0 unspecified atom stereocenters. The van der Waals surface area contributed by atoms with Crippen molar-refractivity contribution in [3.8, 4) is 0 Å². The molecule has 1 N–H and O–H groups in total. The van der Waals surface area contributed by atoms with Crippen molar-refractivity contribution >= 4 is 23.4 Å². The lowest BCUT2D eigenvalue weighted by atomic mass is 10.3. The fourth-order valence-electron chi connectivity index (χ4n) is 1.43. The predicted molar refractivity (Wildman–Crippen MR) is 63.9 cm³/mol. The van der Waals surface area contributed by atoms with E-state index in [0.717, 1.165) is 0 Å². The van der Waals surface area contributed by atoms with Crippen molar-refractivity contribution in [1.82, 2.24) is 30.0 Å².